The fraction of sp³-hybridized carbons (Fsp3) is 0.611. The number of halogens is 3. The lowest BCUT2D eigenvalue weighted by Crippen LogP contribution is -2.35. The maximum atomic E-state index is 14.5. The van der Waals surface area contributed by atoms with Crippen molar-refractivity contribution in [2.24, 2.45) is 0 Å². The molecule has 0 saturated heterocycles. The highest BCUT2D eigenvalue weighted by Crippen LogP contribution is 2.44. The molecular weight excluding hydrogens is 390 g/mol. The van der Waals surface area contributed by atoms with E-state index in [-0.39, 0.29) is 18.3 Å². The largest absolute Gasteiger partial charge is 0.475 e. The molecule has 1 fully saturated rings. The van der Waals surface area contributed by atoms with E-state index >= 15 is 0 Å². The summed E-state index contributed by atoms with van der Waals surface area (Å²) in [5.74, 6) is -1.70. The number of hydrogen-bond donors (Lipinski definition) is 2. The Hall–Kier alpha value is -2.16. The Bertz CT molecular complexity index is 874. The number of nitrogens with zero attached hydrogens (tertiary/aromatic N) is 4. The van der Waals surface area contributed by atoms with Crippen molar-refractivity contribution in [3.05, 3.63) is 16.9 Å². The zero-order valence-electron chi connectivity index (χ0n) is 15.8. The molecule has 2 bridgehead atoms. The molecule has 28 heavy (non-hydrogen) atoms. The molecule has 3 heterocycles. The summed E-state index contributed by atoms with van der Waals surface area (Å²) in [6, 6.07) is -0.929. The molecule has 0 aromatic carbocycles. The summed E-state index contributed by atoms with van der Waals surface area (Å²) in [6.45, 7) is 4.12. The van der Waals surface area contributed by atoms with Crippen molar-refractivity contribution < 1.29 is 13.5 Å². The fourth-order valence-corrected chi connectivity index (χ4v) is 3.84. The van der Waals surface area contributed by atoms with Crippen molar-refractivity contribution >= 4 is 29.1 Å². The molecule has 0 radical (unpaired) electrons. The van der Waals surface area contributed by atoms with Gasteiger partial charge in [0, 0.05) is 18.9 Å². The zero-order valence-corrected chi connectivity index (χ0v) is 16.6. The number of nitrogens with one attached hydrogen (secondary N) is 2. The van der Waals surface area contributed by atoms with E-state index in [1.165, 1.54) is 10.9 Å². The predicted octanol–water partition coefficient (Wildman–Crippen LogP) is 4.71. The molecular formula is C18H23ClF2N6O. The van der Waals surface area contributed by atoms with E-state index in [0.717, 1.165) is 6.42 Å². The minimum atomic E-state index is -2.79. The third-order valence-corrected chi connectivity index (χ3v) is 5.57. The van der Waals surface area contributed by atoms with Crippen molar-refractivity contribution in [2.45, 2.75) is 64.0 Å². The molecule has 2 atom stereocenters. The van der Waals surface area contributed by atoms with Gasteiger partial charge in [-0.05, 0) is 26.7 Å². The van der Waals surface area contributed by atoms with Gasteiger partial charge in [0.1, 0.15) is 16.8 Å². The van der Waals surface area contributed by atoms with Gasteiger partial charge in [0.15, 0.2) is 5.82 Å². The van der Waals surface area contributed by atoms with Gasteiger partial charge >= 0.3 is 0 Å². The molecule has 0 amide bonds. The highest BCUT2D eigenvalue weighted by molar-refractivity contribution is 6.32. The molecule has 4 rings (SSSR count). The summed E-state index contributed by atoms with van der Waals surface area (Å²) in [6.07, 6.45) is 3.72. The topological polar surface area (TPSA) is 76.9 Å². The summed E-state index contributed by atoms with van der Waals surface area (Å²) < 4.78 is 36.3. The third kappa shape index (κ3) is 3.59. The first kappa shape index (κ1) is 19.2. The van der Waals surface area contributed by atoms with Crippen molar-refractivity contribution in [3.8, 4) is 5.88 Å². The molecule has 2 aromatic heterocycles. The highest BCUT2D eigenvalue weighted by Gasteiger charge is 2.44. The van der Waals surface area contributed by atoms with Crippen molar-refractivity contribution in [1.29, 1.82) is 0 Å². The standard InChI is InChI=1S/C18H23ClF2N6O/c1-10-6-8-28-16-14(24-17-22-9-12(19)15(23-10)25-17)11(2)27(26-16)13-5-3-4-7-18(13,20)21/h9-10,13H,3-8H2,1-2H3,(H2,22,23,24,25). The second-order valence-electron chi connectivity index (χ2n) is 7.43. The van der Waals surface area contributed by atoms with Crippen LogP contribution in [0.5, 0.6) is 5.88 Å². The van der Waals surface area contributed by atoms with Gasteiger partial charge in [-0.2, -0.15) is 4.98 Å². The van der Waals surface area contributed by atoms with Gasteiger partial charge < -0.3 is 15.4 Å². The number of fused-ring (bicyclic) bond motifs is 3. The molecule has 1 aliphatic carbocycles. The van der Waals surface area contributed by atoms with Crippen molar-refractivity contribution in [2.75, 3.05) is 17.2 Å². The van der Waals surface area contributed by atoms with Crippen molar-refractivity contribution in [1.82, 2.24) is 19.7 Å². The van der Waals surface area contributed by atoms with Crippen LogP contribution < -0.4 is 15.4 Å². The average Bonchev–Trinajstić information content (AvgIpc) is 2.92. The van der Waals surface area contributed by atoms with E-state index in [9.17, 15) is 8.78 Å². The molecule has 0 spiro atoms. The molecule has 2 aliphatic rings. The minimum Gasteiger partial charge on any atom is -0.475 e. The molecule has 2 unspecified atom stereocenters. The van der Waals surface area contributed by atoms with E-state index in [1.54, 1.807) is 6.92 Å². The van der Waals surface area contributed by atoms with E-state index in [4.69, 9.17) is 16.3 Å². The van der Waals surface area contributed by atoms with Gasteiger partial charge in [-0.25, -0.2) is 13.8 Å². The monoisotopic (exact) mass is 412 g/mol. The molecule has 10 heteroatoms. The van der Waals surface area contributed by atoms with Gasteiger partial charge in [0.05, 0.1) is 18.5 Å². The third-order valence-electron chi connectivity index (χ3n) is 5.29. The lowest BCUT2D eigenvalue weighted by molar-refractivity contribution is -0.0826. The van der Waals surface area contributed by atoms with Crippen LogP contribution >= 0.6 is 11.6 Å². The average molecular weight is 413 g/mol. The molecule has 7 nitrogen and oxygen atoms in total. The van der Waals surface area contributed by atoms with Crippen LogP contribution in [0.4, 0.5) is 26.2 Å². The summed E-state index contributed by atoms with van der Waals surface area (Å²) >= 11 is 6.18. The van der Waals surface area contributed by atoms with E-state index < -0.39 is 12.0 Å². The minimum absolute atomic E-state index is 0.0488. The maximum Gasteiger partial charge on any atom is 0.270 e. The van der Waals surface area contributed by atoms with Crippen LogP contribution in [0.3, 0.4) is 0 Å². The Morgan fingerprint density at radius 3 is 2.93 bits per heavy atom. The summed E-state index contributed by atoms with van der Waals surface area (Å²) in [5, 5.41) is 11.1. The lowest BCUT2D eigenvalue weighted by Gasteiger charge is -2.32. The zero-order chi connectivity index (χ0) is 19.9. The lowest BCUT2D eigenvalue weighted by atomic mass is 9.91. The summed E-state index contributed by atoms with van der Waals surface area (Å²) in [4.78, 5) is 8.60. The quantitative estimate of drug-likeness (QED) is 0.706. The maximum absolute atomic E-state index is 14.5. The molecule has 1 saturated carbocycles. The molecule has 2 aromatic rings. The summed E-state index contributed by atoms with van der Waals surface area (Å²) in [7, 11) is 0. The predicted molar refractivity (Wildman–Crippen MR) is 103 cm³/mol. The Kier molecular flexibility index (Phi) is 5.03. The van der Waals surface area contributed by atoms with Gasteiger partial charge in [-0.3, -0.25) is 4.68 Å². The number of aromatic nitrogens is 4. The second kappa shape index (κ2) is 7.35. The second-order valence-corrected chi connectivity index (χ2v) is 7.84. The summed E-state index contributed by atoms with van der Waals surface area (Å²) in [5.41, 5.74) is 1.08. The fourth-order valence-electron chi connectivity index (χ4n) is 3.70. The Labute approximate surface area is 166 Å². The van der Waals surface area contributed by atoms with Gasteiger partial charge in [-0.1, -0.05) is 18.0 Å². The van der Waals surface area contributed by atoms with Crippen LogP contribution in [0, 0.1) is 6.92 Å². The van der Waals surface area contributed by atoms with Crippen LogP contribution in [0.25, 0.3) is 0 Å². The van der Waals surface area contributed by atoms with Gasteiger partial charge in [0.2, 0.25) is 5.95 Å². The van der Waals surface area contributed by atoms with Crippen molar-refractivity contribution in [3.63, 3.8) is 0 Å². The van der Waals surface area contributed by atoms with Crippen LogP contribution in [-0.2, 0) is 0 Å². The SMILES string of the molecule is Cc1c2c(nn1C1CCCCC1(F)F)OCCC(C)Nc1nc(ncc1Cl)N2. The Morgan fingerprint density at radius 2 is 2.14 bits per heavy atom. The van der Waals surface area contributed by atoms with Crippen LogP contribution in [0.15, 0.2) is 6.20 Å². The van der Waals surface area contributed by atoms with E-state index in [2.05, 4.69) is 25.7 Å². The first-order valence-corrected chi connectivity index (χ1v) is 9.89. The molecule has 2 N–H and O–H groups in total. The molecule has 152 valence electrons. The Morgan fingerprint density at radius 1 is 1.32 bits per heavy atom. The first-order valence-electron chi connectivity index (χ1n) is 9.51. The van der Waals surface area contributed by atoms with E-state index in [1.807, 2.05) is 6.92 Å². The van der Waals surface area contributed by atoms with Crippen LogP contribution in [0.2, 0.25) is 5.02 Å². The Balaban J connectivity index is 1.75. The number of ether oxygens (including phenoxy) is 1. The highest BCUT2D eigenvalue weighted by atomic mass is 35.5. The van der Waals surface area contributed by atoms with Gasteiger partial charge in [0.25, 0.3) is 11.8 Å². The number of anilines is 3. The van der Waals surface area contributed by atoms with E-state index in [0.29, 0.717) is 54.0 Å². The van der Waals surface area contributed by atoms with Crippen LogP contribution in [-0.4, -0.2) is 38.3 Å². The first-order chi connectivity index (χ1) is 13.3. The number of alkyl halides is 2. The smallest absolute Gasteiger partial charge is 0.270 e. The normalized spacial score (nSPS) is 24.2. The molecule has 1 aliphatic heterocycles. The number of rotatable bonds is 1. The van der Waals surface area contributed by atoms with Crippen LogP contribution in [0.1, 0.15) is 50.8 Å². The van der Waals surface area contributed by atoms with Gasteiger partial charge in [-0.15, -0.1) is 5.10 Å². The number of hydrogen-bond acceptors (Lipinski definition) is 6.